The van der Waals surface area contributed by atoms with Crippen LogP contribution in [0.3, 0.4) is 0 Å². The fraction of sp³-hybridized carbons (Fsp3) is 0.385. The molecular weight excluding hydrogens is 487 g/mol. The molecule has 0 saturated carbocycles. The second-order valence-electron chi connectivity index (χ2n) is 10.0. The number of H-pyrrole nitrogens is 1. The minimum Gasteiger partial charge on any atom is -0.346 e. The molecule has 11 nitrogen and oxygen atoms in total. The van der Waals surface area contributed by atoms with Gasteiger partial charge in [-0.05, 0) is 38.0 Å². The van der Waals surface area contributed by atoms with Crippen LogP contribution in [0.25, 0.3) is 22.3 Å². The van der Waals surface area contributed by atoms with E-state index in [0.717, 1.165) is 35.1 Å². The molecule has 0 atom stereocenters. The van der Waals surface area contributed by atoms with Gasteiger partial charge in [0.1, 0.15) is 17.5 Å². The van der Waals surface area contributed by atoms with E-state index in [9.17, 15) is 14.4 Å². The van der Waals surface area contributed by atoms with E-state index in [2.05, 4.69) is 41.3 Å². The number of aromatic nitrogens is 6. The number of hydrogen-bond acceptors (Lipinski definition) is 7. The van der Waals surface area contributed by atoms with Crippen LogP contribution in [-0.4, -0.2) is 77.8 Å². The van der Waals surface area contributed by atoms with Crippen molar-refractivity contribution in [1.82, 2.24) is 39.5 Å². The van der Waals surface area contributed by atoms with Crippen LogP contribution in [0.5, 0.6) is 0 Å². The Labute approximate surface area is 218 Å². The van der Waals surface area contributed by atoms with Gasteiger partial charge in [-0.25, -0.2) is 19.7 Å². The van der Waals surface area contributed by atoms with Crippen molar-refractivity contribution in [3.8, 4) is 17.3 Å². The van der Waals surface area contributed by atoms with Gasteiger partial charge in [-0.3, -0.25) is 9.58 Å². The first-order valence-electron chi connectivity index (χ1n) is 12.6. The molecule has 0 radical (unpaired) electrons. The maximum atomic E-state index is 14.0. The Morgan fingerprint density at radius 1 is 1.26 bits per heavy atom. The van der Waals surface area contributed by atoms with Crippen molar-refractivity contribution in [2.75, 3.05) is 31.5 Å². The summed E-state index contributed by atoms with van der Waals surface area (Å²) in [6.45, 7) is 4.27. The monoisotopic (exact) mass is 514 g/mol. The van der Waals surface area contributed by atoms with Gasteiger partial charge in [-0.15, -0.1) is 0 Å². The zero-order chi connectivity index (χ0) is 26.3. The number of rotatable bonds is 5. The lowest BCUT2D eigenvalue weighted by Crippen LogP contribution is -2.66. The molecule has 2 aliphatic heterocycles. The first-order valence-corrected chi connectivity index (χ1v) is 12.6. The zero-order valence-corrected chi connectivity index (χ0v) is 20.9. The third-order valence-electron chi connectivity index (χ3n) is 7.60. The fourth-order valence-electron chi connectivity index (χ4n) is 5.51. The highest BCUT2D eigenvalue weighted by molar-refractivity contribution is 5.90. The third kappa shape index (κ3) is 4.24. The molecule has 0 spiro atoms. The Kier molecular flexibility index (Phi) is 6.00. The predicted molar refractivity (Wildman–Crippen MR) is 137 cm³/mol. The van der Waals surface area contributed by atoms with E-state index in [4.69, 9.17) is 0 Å². The van der Waals surface area contributed by atoms with Crippen molar-refractivity contribution >= 4 is 22.8 Å². The standard InChI is InChI=1S/C26H27FN10O/c1-17-2-3-21(23(27)33-17)34-25(38)35-10-5-19(6-11-35)36-14-26(15-36,7-8-28)37-13-18(12-32-37)22-20-4-9-29-24(20)31-16-30-22/h2-4,9,12-13,16,19H,5-7,10-11,14-15H2,1H3,(H,34,38)(H,29,30,31). The topological polar surface area (TPSA) is 132 Å². The summed E-state index contributed by atoms with van der Waals surface area (Å²) in [5, 5.41) is 17.8. The van der Waals surface area contributed by atoms with Crippen molar-refractivity contribution in [2.45, 2.75) is 37.8 Å². The fourth-order valence-corrected chi connectivity index (χ4v) is 5.51. The average Bonchev–Trinajstić information content (AvgIpc) is 3.58. The van der Waals surface area contributed by atoms with E-state index in [1.807, 2.05) is 23.1 Å². The summed E-state index contributed by atoms with van der Waals surface area (Å²) in [5.74, 6) is -0.679. The van der Waals surface area contributed by atoms with Crippen molar-refractivity contribution < 1.29 is 9.18 Å². The maximum Gasteiger partial charge on any atom is 0.321 e. The molecular formula is C26H27FN10O. The van der Waals surface area contributed by atoms with Crippen LogP contribution in [0.4, 0.5) is 14.9 Å². The van der Waals surface area contributed by atoms with Crippen molar-refractivity contribution in [1.29, 1.82) is 5.26 Å². The van der Waals surface area contributed by atoms with E-state index in [0.29, 0.717) is 44.3 Å². The highest BCUT2D eigenvalue weighted by atomic mass is 19.1. The SMILES string of the molecule is Cc1ccc(NC(=O)N2CCC(N3CC(CC#N)(n4cc(-c5ncnc6[nH]ccc56)cn4)C3)CC2)c(F)n1. The van der Waals surface area contributed by atoms with Gasteiger partial charge in [0.2, 0.25) is 5.95 Å². The van der Waals surface area contributed by atoms with Gasteiger partial charge in [-0.1, -0.05) is 0 Å². The number of carbonyl (C=O) groups is 1. The Morgan fingerprint density at radius 3 is 2.84 bits per heavy atom. The summed E-state index contributed by atoms with van der Waals surface area (Å²) in [6.07, 6.45) is 9.09. The molecule has 4 aromatic rings. The highest BCUT2D eigenvalue weighted by Crippen LogP contribution is 2.37. The van der Waals surface area contributed by atoms with Crippen LogP contribution in [0, 0.1) is 24.2 Å². The molecule has 0 aromatic carbocycles. The number of aromatic amines is 1. The second kappa shape index (κ2) is 9.50. The smallest absolute Gasteiger partial charge is 0.321 e. The van der Waals surface area contributed by atoms with Gasteiger partial charge in [-0.2, -0.15) is 14.8 Å². The largest absolute Gasteiger partial charge is 0.346 e. The lowest BCUT2D eigenvalue weighted by Gasteiger charge is -2.53. The summed E-state index contributed by atoms with van der Waals surface area (Å²) in [6, 6.07) is 7.47. The lowest BCUT2D eigenvalue weighted by molar-refractivity contribution is -0.0399. The van der Waals surface area contributed by atoms with Gasteiger partial charge >= 0.3 is 6.03 Å². The number of amides is 2. The molecule has 2 amide bonds. The van der Waals surface area contributed by atoms with Crippen molar-refractivity contribution in [2.24, 2.45) is 0 Å². The number of nitriles is 1. The third-order valence-corrected chi connectivity index (χ3v) is 7.60. The molecule has 2 fully saturated rings. The number of fused-ring (bicyclic) bond motifs is 1. The number of halogens is 1. The first-order chi connectivity index (χ1) is 18.5. The number of nitrogens with one attached hydrogen (secondary N) is 2. The minimum atomic E-state index is -0.679. The van der Waals surface area contributed by atoms with Crippen LogP contribution in [0.2, 0.25) is 0 Å². The first kappa shape index (κ1) is 24.0. The number of likely N-dealkylation sites (tertiary alicyclic amines) is 2. The van der Waals surface area contributed by atoms with Crippen LogP contribution in [0.1, 0.15) is 25.0 Å². The summed E-state index contributed by atoms with van der Waals surface area (Å²) < 4.78 is 16.0. The molecule has 0 bridgehead atoms. The Hall–Kier alpha value is -4.37. The number of hydrogen-bond donors (Lipinski definition) is 2. The quantitative estimate of drug-likeness (QED) is 0.391. The minimum absolute atomic E-state index is 0.0875. The Balaban J connectivity index is 1.09. The van der Waals surface area contributed by atoms with E-state index in [1.54, 1.807) is 24.1 Å². The van der Waals surface area contributed by atoms with Crippen LogP contribution < -0.4 is 5.32 Å². The van der Waals surface area contributed by atoms with E-state index < -0.39 is 11.5 Å². The number of urea groups is 1. The van der Waals surface area contributed by atoms with Gasteiger partial charge in [0.15, 0.2) is 0 Å². The molecule has 6 rings (SSSR count). The van der Waals surface area contributed by atoms with Gasteiger partial charge in [0.05, 0.1) is 30.1 Å². The number of piperidine rings is 1. The predicted octanol–water partition coefficient (Wildman–Crippen LogP) is 3.29. The van der Waals surface area contributed by atoms with E-state index >= 15 is 0 Å². The molecule has 2 aliphatic rings. The van der Waals surface area contributed by atoms with Crippen molar-refractivity contribution in [3.05, 3.63) is 54.8 Å². The summed E-state index contributed by atoms with van der Waals surface area (Å²) in [4.78, 5) is 32.3. The van der Waals surface area contributed by atoms with Crippen LogP contribution in [-0.2, 0) is 5.54 Å². The molecule has 0 unspecified atom stereocenters. The van der Waals surface area contributed by atoms with Crippen molar-refractivity contribution in [3.63, 3.8) is 0 Å². The second-order valence-corrected chi connectivity index (χ2v) is 10.0. The molecule has 2 N–H and O–H groups in total. The summed E-state index contributed by atoms with van der Waals surface area (Å²) in [7, 11) is 0. The number of carbonyl (C=O) groups excluding carboxylic acids is 1. The van der Waals surface area contributed by atoms with Crippen LogP contribution in [0.15, 0.2) is 43.1 Å². The molecule has 0 aliphatic carbocycles. The van der Waals surface area contributed by atoms with Crippen LogP contribution >= 0.6 is 0 Å². The Bertz CT molecular complexity index is 1520. The average molecular weight is 515 g/mol. The maximum absolute atomic E-state index is 14.0. The molecule has 4 aromatic heterocycles. The zero-order valence-electron chi connectivity index (χ0n) is 20.9. The molecule has 6 heterocycles. The number of pyridine rings is 1. The van der Waals surface area contributed by atoms with E-state index in [-0.39, 0.29) is 11.7 Å². The molecule has 194 valence electrons. The normalized spacial score (nSPS) is 17.8. The number of nitrogens with zero attached hydrogens (tertiary/aromatic N) is 8. The molecule has 12 heteroatoms. The van der Waals surface area contributed by atoms with Gasteiger partial charge in [0.25, 0.3) is 0 Å². The number of anilines is 1. The van der Waals surface area contributed by atoms with Gasteiger partial charge < -0.3 is 15.2 Å². The van der Waals surface area contributed by atoms with E-state index in [1.165, 1.54) is 12.4 Å². The Morgan fingerprint density at radius 2 is 2.08 bits per heavy atom. The number of aryl methyl sites for hydroxylation is 1. The lowest BCUT2D eigenvalue weighted by atomic mass is 9.84. The van der Waals surface area contributed by atoms with Gasteiger partial charge in [0, 0.05) is 61.3 Å². The summed E-state index contributed by atoms with van der Waals surface area (Å²) >= 11 is 0. The highest BCUT2D eigenvalue weighted by Gasteiger charge is 2.48. The summed E-state index contributed by atoms with van der Waals surface area (Å²) in [5.41, 5.74) is 2.70. The molecule has 2 saturated heterocycles. The molecule has 38 heavy (non-hydrogen) atoms.